The summed E-state index contributed by atoms with van der Waals surface area (Å²) in [4.78, 5) is 24.3. The highest BCUT2D eigenvalue weighted by Gasteiger charge is 2.57. The van der Waals surface area contributed by atoms with Crippen LogP contribution in [0.3, 0.4) is 0 Å². The topological polar surface area (TPSA) is 71.1 Å². The van der Waals surface area contributed by atoms with Crippen LogP contribution in [0.4, 0.5) is 0 Å². The van der Waals surface area contributed by atoms with Crippen molar-refractivity contribution in [2.24, 2.45) is 11.3 Å². The molecule has 1 aliphatic carbocycles. The van der Waals surface area contributed by atoms with E-state index in [2.05, 4.69) is 6.58 Å². The lowest BCUT2D eigenvalue weighted by Crippen LogP contribution is -2.51. The van der Waals surface area contributed by atoms with Crippen LogP contribution in [0.15, 0.2) is 12.7 Å². The first-order valence-corrected chi connectivity index (χ1v) is 7.06. The molecule has 1 aliphatic heterocycles. The van der Waals surface area contributed by atoms with Crippen LogP contribution in [-0.4, -0.2) is 45.2 Å². The van der Waals surface area contributed by atoms with Crippen molar-refractivity contribution >= 4 is 11.9 Å². The highest BCUT2D eigenvalue weighted by Crippen LogP contribution is 2.51. The van der Waals surface area contributed by atoms with Crippen LogP contribution >= 0.6 is 0 Å². The Kier molecular flexibility index (Phi) is 4.68. The lowest BCUT2D eigenvalue weighted by atomic mass is 9.65. The molecule has 21 heavy (non-hydrogen) atoms. The predicted molar refractivity (Wildman–Crippen MR) is 73.3 cm³/mol. The van der Waals surface area contributed by atoms with E-state index in [1.165, 1.54) is 14.2 Å². The van der Waals surface area contributed by atoms with E-state index in [1.807, 2.05) is 0 Å². The summed E-state index contributed by atoms with van der Waals surface area (Å²) in [5.74, 6) is -2.09. The van der Waals surface area contributed by atoms with Gasteiger partial charge in [-0.05, 0) is 12.8 Å². The number of carbonyl (C=O) groups is 2. The average Bonchev–Trinajstić information content (AvgIpc) is 2.92. The number of esters is 2. The smallest absolute Gasteiger partial charge is 0.312 e. The van der Waals surface area contributed by atoms with Gasteiger partial charge in [-0.3, -0.25) is 9.59 Å². The zero-order valence-corrected chi connectivity index (χ0v) is 12.6. The molecule has 2 rings (SSSR count). The maximum atomic E-state index is 12.3. The van der Waals surface area contributed by atoms with Crippen molar-refractivity contribution in [2.45, 2.75) is 31.5 Å². The van der Waals surface area contributed by atoms with E-state index in [1.54, 1.807) is 6.08 Å². The molecule has 1 saturated heterocycles. The van der Waals surface area contributed by atoms with Gasteiger partial charge in [-0.15, -0.1) is 6.58 Å². The van der Waals surface area contributed by atoms with E-state index in [0.29, 0.717) is 38.9 Å². The summed E-state index contributed by atoms with van der Waals surface area (Å²) in [5, 5.41) is 0. The largest absolute Gasteiger partial charge is 0.469 e. The Morgan fingerprint density at radius 2 is 1.90 bits per heavy atom. The number of carbonyl (C=O) groups excluding carboxylic acids is 2. The maximum Gasteiger partial charge on any atom is 0.312 e. The van der Waals surface area contributed by atoms with Gasteiger partial charge in [0, 0.05) is 12.8 Å². The molecular formula is C15H22O6. The number of hydrogen-bond acceptors (Lipinski definition) is 6. The van der Waals surface area contributed by atoms with Crippen molar-refractivity contribution in [1.29, 1.82) is 0 Å². The molecule has 6 nitrogen and oxygen atoms in total. The third-order valence-electron chi connectivity index (χ3n) is 4.30. The van der Waals surface area contributed by atoms with Crippen LogP contribution in [0.2, 0.25) is 0 Å². The minimum absolute atomic E-state index is 0.354. The minimum Gasteiger partial charge on any atom is -0.469 e. The molecule has 0 aromatic heterocycles. The van der Waals surface area contributed by atoms with E-state index < -0.39 is 17.1 Å². The van der Waals surface area contributed by atoms with E-state index in [4.69, 9.17) is 18.9 Å². The lowest BCUT2D eigenvalue weighted by Gasteiger charge is -2.45. The first-order valence-electron chi connectivity index (χ1n) is 7.06. The molecule has 2 fully saturated rings. The van der Waals surface area contributed by atoms with Crippen molar-refractivity contribution in [3.05, 3.63) is 12.7 Å². The molecule has 0 radical (unpaired) electrons. The Morgan fingerprint density at radius 1 is 1.24 bits per heavy atom. The van der Waals surface area contributed by atoms with Crippen LogP contribution in [0.1, 0.15) is 25.7 Å². The SMILES string of the molecule is C=CC[C@@]1(C(=O)OC)C[C@@H](C(=O)OC)CC2(C1)OCCO2. The molecule has 0 aromatic rings. The number of allylic oxidation sites excluding steroid dienone is 1. The fraction of sp³-hybridized carbons (Fsp3) is 0.733. The maximum absolute atomic E-state index is 12.3. The normalized spacial score (nSPS) is 30.9. The molecule has 1 saturated carbocycles. The summed E-state index contributed by atoms with van der Waals surface area (Å²) in [5.41, 5.74) is -0.863. The number of rotatable bonds is 4. The molecule has 6 heteroatoms. The Balaban J connectivity index is 2.35. The lowest BCUT2D eigenvalue weighted by molar-refractivity contribution is -0.223. The predicted octanol–water partition coefficient (Wildman–Crippen LogP) is 1.44. The summed E-state index contributed by atoms with van der Waals surface area (Å²) < 4.78 is 21.3. The number of methoxy groups -OCH3 is 2. The third-order valence-corrected chi connectivity index (χ3v) is 4.30. The van der Waals surface area contributed by atoms with Gasteiger partial charge in [0.15, 0.2) is 5.79 Å². The first-order chi connectivity index (χ1) is 10.0. The number of hydrogen-bond donors (Lipinski definition) is 0. The van der Waals surface area contributed by atoms with Crippen molar-refractivity contribution in [3.63, 3.8) is 0 Å². The second kappa shape index (κ2) is 6.15. The molecule has 0 N–H and O–H groups in total. The van der Waals surface area contributed by atoms with E-state index >= 15 is 0 Å². The van der Waals surface area contributed by atoms with Gasteiger partial charge in [0.1, 0.15) is 0 Å². The van der Waals surface area contributed by atoms with Crippen LogP contribution in [0.25, 0.3) is 0 Å². The average molecular weight is 298 g/mol. The molecule has 1 spiro atoms. The zero-order chi connectivity index (χ0) is 15.5. The molecule has 0 bridgehead atoms. The van der Waals surface area contributed by atoms with Gasteiger partial charge in [-0.25, -0.2) is 0 Å². The Bertz CT molecular complexity index is 426. The summed E-state index contributed by atoms with van der Waals surface area (Å²) in [7, 11) is 2.69. The standard InChI is InChI=1S/C15H22O6/c1-4-5-14(13(17)19-3)8-11(12(16)18-2)9-15(10-14)20-6-7-21-15/h4,11H,1,5-10H2,2-3H3/t11-,14-/m1/s1. The highest BCUT2D eigenvalue weighted by atomic mass is 16.7. The van der Waals surface area contributed by atoms with Crippen molar-refractivity contribution in [3.8, 4) is 0 Å². The van der Waals surface area contributed by atoms with Gasteiger partial charge in [-0.1, -0.05) is 6.08 Å². The molecule has 118 valence electrons. The molecule has 0 aromatic carbocycles. The van der Waals surface area contributed by atoms with Crippen molar-refractivity contribution in [2.75, 3.05) is 27.4 Å². The third kappa shape index (κ3) is 2.96. The quantitative estimate of drug-likeness (QED) is 0.578. The van der Waals surface area contributed by atoms with Gasteiger partial charge >= 0.3 is 11.9 Å². The molecular weight excluding hydrogens is 276 g/mol. The fourth-order valence-electron chi connectivity index (χ4n) is 3.52. The zero-order valence-electron chi connectivity index (χ0n) is 12.6. The Hall–Kier alpha value is -1.40. The molecule has 0 amide bonds. The molecule has 1 heterocycles. The summed E-state index contributed by atoms with van der Waals surface area (Å²) in [6.45, 7) is 4.63. The van der Waals surface area contributed by atoms with Gasteiger partial charge in [0.05, 0.1) is 38.8 Å². The summed E-state index contributed by atoms with van der Waals surface area (Å²) in [6.07, 6.45) is 3.19. The number of ether oxygens (including phenoxy) is 4. The molecule has 0 unspecified atom stereocenters. The van der Waals surface area contributed by atoms with E-state index in [9.17, 15) is 9.59 Å². The first kappa shape index (κ1) is 16.0. The highest BCUT2D eigenvalue weighted by molar-refractivity contribution is 5.80. The Morgan fingerprint density at radius 3 is 2.43 bits per heavy atom. The van der Waals surface area contributed by atoms with Crippen molar-refractivity contribution < 1.29 is 28.5 Å². The molecule has 2 aliphatic rings. The van der Waals surface area contributed by atoms with Crippen LogP contribution in [-0.2, 0) is 28.5 Å². The molecule has 2 atom stereocenters. The summed E-state index contributed by atoms with van der Waals surface area (Å²) >= 11 is 0. The van der Waals surface area contributed by atoms with Gasteiger partial charge in [-0.2, -0.15) is 0 Å². The summed E-state index contributed by atoms with van der Waals surface area (Å²) in [6, 6.07) is 0. The van der Waals surface area contributed by atoms with E-state index in [0.717, 1.165) is 0 Å². The van der Waals surface area contributed by atoms with Crippen LogP contribution in [0, 0.1) is 11.3 Å². The van der Waals surface area contributed by atoms with Crippen molar-refractivity contribution in [1.82, 2.24) is 0 Å². The van der Waals surface area contributed by atoms with Crippen LogP contribution in [0.5, 0.6) is 0 Å². The van der Waals surface area contributed by atoms with E-state index in [-0.39, 0.29) is 11.9 Å². The van der Waals surface area contributed by atoms with Gasteiger partial charge in [0.25, 0.3) is 0 Å². The van der Waals surface area contributed by atoms with Gasteiger partial charge in [0.2, 0.25) is 0 Å². The van der Waals surface area contributed by atoms with Gasteiger partial charge < -0.3 is 18.9 Å². The Labute approximate surface area is 124 Å². The second-order valence-electron chi connectivity index (χ2n) is 5.68. The minimum atomic E-state index is -0.908. The monoisotopic (exact) mass is 298 g/mol. The fourth-order valence-corrected chi connectivity index (χ4v) is 3.52. The van der Waals surface area contributed by atoms with Crippen LogP contribution < -0.4 is 0 Å². The second-order valence-corrected chi connectivity index (χ2v) is 5.68.